The molecule has 0 atom stereocenters. The molecule has 0 fully saturated rings. The van der Waals surface area contributed by atoms with Gasteiger partial charge in [0.15, 0.2) is 0 Å². The highest BCUT2D eigenvalue weighted by molar-refractivity contribution is 14.1. The molecule has 0 heterocycles. The zero-order valence-electron chi connectivity index (χ0n) is 6.43. The maximum Gasteiger partial charge on any atom is 0.280 e. The number of halogens is 1. The molecule has 0 bridgehead atoms. The maximum atomic E-state index is 10.3. The topological polar surface area (TPSA) is 38.3 Å². The van der Waals surface area contributed by atoms with Crippen LogP contribution in [0.3, 0.4) is 0 Å². The highest BCUT2D eigenvalue weighted by Crippen LogP contribution is 1.90. The van der Waals surface area contributed by atoms with Crippen molar-refractivity contribution in [2.45, 2.75) is 0 Å². The number of thioether (sulfide) groups is 1. The van der Waals surface area contributed by atoms with Gasteiger partial charge in [0.05, 0.1) is 13.2 Å². The number of carbonyl (C=O) groups is 1. The van der Waals surface area contributed by atoms with Crippen LogP contribution in [-0.4, -0.2) is 35.7 Å². The molecule has 0 aromatic carbocycles. The van der Waals surface area contributed by atoms with E-state index in [1.165, 1.54) is 0 Å². The molecule has 0 aromatic rings. The number of amides is 1. The first-order valence-corrected chi connectivity index (χ1v) is 5.74. The van der Waals surface area contributed by atoms with E-state index < -0.39 is 0 Å². The second-order valence-corrected chi connectivity index (χ2v) is 3.77. The summed E-state index contributed by atoms with van der Waals surface area (Å²) in [6.07, 6.45) is 2.04. The highest BCUT2D eigenvalue weighted by atomic mass is 127. The molecule has 1 N–H and O–H groups in total. The first kappa shape index (κ1) is 11.5. The smallest absolute Gasteiger partial charge is 0.280 e. The van der Waals surface area contributed by atoms with Crippen LogP contribution >= 0.6 is 34.4 Å². The molecule has 11 heavy (non-hydrogen) atoms. The molecular weight excluding hydrogens is 277 g/mol. The van der Waals surface area contributed by atoms with Crippen LogP contribution in [0.5, 0.6) is 0 Å². The van der Waals surface area contributed by atoms with Crippen molar-refractivity contribution in [3.8, 4) is 0 Å². The summed E-state index contributed by atoms with van der Waals surface area (Å²) in [5.74, 6) is 1.01. The van der Waals surface area contributed by atoms with Crippen molar-refractivity contribution in [3.63, 3.8) is 0 Å². The summed E-state index contributed by atoms with van der Waals surface area (Å²) in [5, 5.41) is 2.64. The summed E-state index contributed by atoms with van der Waals surface area (Å²) < 4.78 is 5.15. The van der Waals surface area contributed by atoms with Gasteiger partial charge in [-0.2, -0.15) is 11.8 Å². The Morgan fingerprint density at radius 2 is 2.36 bits per heavy atom. The first-order valence-electron chi connectivity index (χ1n) is 3.27. The van der Waals surface area contributed by atoms with E-state index in [2.05, 4.69) is 5.32 Å². The third kappa shape index (κ3) is 10.5. The number of ether oxygens (including phenoxy) is 1. The summed E-state index contributed by atoms with van der Waals surface area (Å²) in [7, 11) is 0. The van der Waals surface area contributed by atoms with Crippen molar-refractivity contribution < 1.29 is 9.53 Å². The normalized spacial score (nSPS) is 9.64. The van der Waals surface area contributed by atoms with Gasteiger partial charge in [-0.15, -0.1) is 0 Å². The third-order valence-electron chi connectivity index (χ3n) is 0.942. The van der Waals surface area contributed by atoms with E-state index in [-0.39, 0.29) is 3.91 Å². The van der Waals surface area contributed by atoms with Crippen LogP contribution in [0.25, 0.3) is 0 Å². The van der Waals surface area contributed by atoms with Crippen LogP contribution in [-0.2, 0) is 4.74 Å². The van der Waals surface area contributed by atoms with Gasteiger partial charge in [-0.1, -0.05) is 0 Å². The fourth-order valence-corrected chi connectivity index (χ4v) is 1.02. The molecule has 66 valence electrons. The minimum absolute atomic E-state index is 0.0314. The molecule has 0 aromatic heterocycles. The first-order chi connectivity index (χ1) is 5.27. The molecule has 0 aliphatic heterocycles. The zero-order valence-corrected chi connectivity index (χ0v) is 9.41. The monoisotopic (exact) mass is 289 g/mol. The lowest BCUT2D eigenvalue weighted by Gasteiger charge is -2.02. The van der Waals surface area contributed by atoms with E-state index in [0.717, 1.165) is 12.4 Å². The summed E-state index contributed by atoms with van der Waals surface area (Å²) >= 11 is 3.45. The maximum absolute atomic E-state index is 10.3. The molecule has 5 heteroatoms. The molecule has 0 unspecified atom stereocenters. The standard InChI is InChI=1S/C6H12INO2S/c1-11-5-4-10-3-2-8-6(7)9/h2-5H2,1H3,(H,8,9). The van der Waals surface area contributed by atoms with Gasteiger partial charge in [0.2, 0.25) is 0 Å². The molecule has 0 spiro atoms. The molecule has 0 aliphatic rings. The van der Waals surface area contributed by atoms with Crippen molar-refractivity contribution in [2.24, 2.45) is 0 Å². The van der Waals surface area contributed by atoms with Crippen LogP contribution < -0.4 is 5.32 Å². The van der Waals surface area contributed by atoms with Gasteiger partial charge < -0.3 is 10.1 Å². The van der Waals surface area contributed by atoms with Crippen LogP contribution in [0.2, 0.25) is 0 Å². The Labute approximate surface area is 84.8 Å². The van der Waals surface area contributed by atoms with Gasteiger partial charge in [0, 0.05) is 34.9 Å². The van der Waals surface area contributed by atoms with Gasteiger partial charge in [0.25, 0.3) is 3.91 Å². The van der Waals surface area contributed by atoms with Crippen LogP contribution in [0.15, 0.2) is 0 Å². The summed E-state index contributed by atoms with van der Waals surface area (Å²) in [6.45, 7) is 1.98. The Bertz CT molecular complexity index is 113. The van der Waals surface area contributed by atoms with E-state index in [0.29, 0.717) is 13.2 Å². The van der Waals surface area contributed by atoms with Gasteiger partial charge >= 0.3 is 0 Å². The summed E-state index contributed by atoms with van der Waals surface area (Å²) in [4.78, 5) is 10.3. The lowest BCUT2D eigenvalue weighted by molar-refractivity contribution is 0.153. The van der Waals surface area contributed by atoms with Crippen LogP contribution in [0.4, 0.5) is 4.79 Å². The van der Waals surface area contributed by atoms with E-state index in [4.69, 9.17) is 4.74 Å². The van der Waals surface area contributed by atoms with Gasteiger partial charge in [0.1, 0.15) is 0 Å². The molecule has 0 saturated heterocycles. The molecule has 1 amide bonds. The Morgan fingerprint density at radius 3 is 2.91 bits per heavy atom. The quantitative estimate of drug-likeness (QED) is 0.349. The van der Waals surface area contributed by atoms with Gasteiger partial charge in [-0.25, -0.2) is 0 Å². The second-order valence-electron chi connectivity index (χ2n) is 1.81. The summed E-state index contributed by atoms with van der Waals surface area (Å²) in [6, 6.07) is 0. The SMILES string of the molecule is CSCCOCCNC(=O)I. The van der Waals surface area contributed by atoms with E-state index >= 15 is 0 Å². The molecule has 3 nitrogen and oxygen atoms in total. The average Bonchev–Trinajstić information content (AvgIpc) is 1.96. The van der Waals surface area contributed by atoms with Crippen molar-refractivity contribution >= 4 is 38.3 Å². The number of rotatable bonds is 6. The molecule has 0 saturated carbocycles. The number of hydrogen-bond acceptors (Lipinski definition) is 3. The van der Waals surface area contributed by atoms with Crippen LogP contribution in [0, 0.1) is 0 Å². The number of hydrogen-bond donors (Lipinski definition) is 1. The second kappa shape index (κ2) is 8.61. The zero-order chi connectivity index (χ0) is 8.53. The third-order valence-corrected chi connectivity index (χ3v) is 1.90. The number of nitrogens with one attached hydrogen (secondary N) is 1. The van der Waals surface area contributed by atoms with Crippen molar-refractivity contribution in [1.29, 1.82) is 0 Å². The van der Waals surface area contributed by atoms with Crippen molar-refractivity contribution in [2.75, 3.05) is 31.8 Å². The lowest BCUT2D eigenvalue weighted by atomic mass is 10.7. The largest absolute Gasteiger partial charge is 0.379 e. The fraction of sp³-hybridized carbons (Fsp3) is 0.833. The van der Waals surface area contributed by atoms with Gasteiger partial charge in [-0.3, -0.25) is 4.79 Å². The predicted octanol–water partition coefficient (Wildman–Crippen LogP) is 1.51. The lowest BCUT2D eigenvalue weighted by Crippen LogP contribution is -2.21. The number of carbonyl (C=O) groups excluding carboxylic acids is 1. The molecule has 0 rings (SSSR count). The van der Waals surface area contributed by atoms with Gasteiger partial charge in [-0.05, 0) is 6.26 Å². The minimum atomic E-state index is -0.0314. The molecule has 0 radical (unpaired) electrons. The van der Waals surface area contributed by atoms with Crippen molar-refractivity contribution in [1.82, 2.24) is 5.32 Å². The molecule has 0 aliphatic carbocycles. The van der Waals surface area contributed by atoms with Crippen molar-refractivity contribution in [3.05, 3.63) is 0 Å². The van der Waals surface area contributed by atoms with E-state index in [1.54, 1.807) is 34.4 Å². The Hall–Kier alpha value is 0.510. The fourth-order valence-electron chi connectivity index (χ4n) is 0.466. The van der Waals surface area contributed by atoms with E-state index in [9.17, 15) is 4.79 Å². The Balaban J connectivity index is 2.85. The van der Waals surface area contributed by atoms with E-state index in [1.807, 2.05) is 6.26 Å². The molecular formula is C6H12INO2S. The highest BCUT2D eigenvalue weighted by Gasteiger charge is 1.91. The Kier molecular flexibility index (Phi) is 9.00. The average molecular weight is 289 g/mol. The minimum Gasteiger partial charge on any atom is -0.379 e. The summed E-state index contributed by atoms with van der Waals surface area (Å²) in [5.41, 5.74) is 0. The Morgan fingerprint density at radius 1 is 1.64 bits per heavy atom. The van der Waals surface area contributed by atoms with Crippen LogP contribution in [0.1, 0.15) is 0 Å². The predicted molar refractivity (Wildman–Crippen MR) is 56.6 cm³/mol.